The molecule has 0 amide bonds. The van der Waals surface area contributed by atoms with E-state index in [-0.39, 0.29) is 28.9 Å². The lowest BCUT2D eigenvalue weighted by Gasteiger charge is -2.18. The Morgan fingerprint density at radius 1 is 1.33 bits per heavy atom. The van der Waals surface area contributed by atoms with E-state index in [0.717, 1.165) is 25.7 Å². The van der Waals surface area contributed by atoms with Crippen molar-refractivity contribution in [2.75, 3.05) is 7.11 Å². The molecule has 0 spiro atoms. The number of hydrogen-bond donors (Lipinski definition) is 1. The molecule has 1 N–H and O–H groups in total. The Kier molecular flexibility index (Phi) is 3.75. The van der Waals surface area contributed by atoms with E-state index in [1.54, 1.807) is 12.1 Å². The molecule has 4 nitrogen and oxygen atoms in total. The monoisotopic (exact) mass is 250 g/mol. The summed E-state index contributed by atoms with van der Waals surface area (Å²) in [7, 11) is 1.52. The number of ether oxygens (including phenoxy) is 2. The van der Waals surface area contributed by atoms with Crippen molar-refractivity contribution in [1.29, 1.82) is 0 Å². The van der Waals surface area contributed by atoms with Crippen LogP contribution < -0.4 is 9.47 Å². The predicted octanol–water partition coefficient (Wildman–Crippen LogP) is 2.92. The van der Waals surface area contributed by atoms with Crippen LogP contribution in [0.2, 0.25) is 0 Å². The molecule has 0 aromatic heterocycles. The number of benzene rings is 1. The van der Waals surface area contributed by atoms with Gasteiger partial charge in [0, 0.05) is 0 Å². The average Bonchev–Trinajstić information content (AvgIpc) is 2.84. The summed E-state index contributed by atoms with van der Waals surface area (Å²) in [5, 5.41) is 10.1. The largest absolute Gasteiger partial charge is 0.504 e. The van der Waals surface area contributed by atoms with E-state index in [4.69, 9.17) is 9.47 Å². The summed E-state index contributed by atoms with van der Waals surface area (Å²) in [6.45, 7) is 1.42. The van der Waals surface area contributed by atoms with Crippen molar-refractivity contribution >= 4 is 5.78 Å². The van der Waals surface area contributed by atoms with Gasteiger partial charge in [-0.2, -0.15) is 0 Å². The van der Waals surface area contributed by atoms with Crippen LogP contribution in [0.4, 0.5) is 0 Å². The maximum absolute atomic E-state index is 11.4. The molecule has 1 aromatic rings. The molecule has 1 aliphatic carbocycles. The van der Waals surface area contributed by atoms with Gasteiger partial charge in [0.1, 0.15) is 0 Å². The Hall–Kier alpha value is -1.71. The Bertz CT molecular complexity index is 447. The van der Waals surface area contributed by atoms with Crippen molar-refractivity contribution in [1.82, 2.24) is 0 Å². The van der Waals surface area contributed by atoms with Crippen LogP contribution in [0.3, 0.4) is 0 Å². The maximum atomic E-state index is 11.4. The quantitative estimate of drug-likeness (QED) is 0.835. The molecule has 0 heterocycles. The third kappa shape index (κ3) is 2.42. The van der Waals surface area contributed by atoms with Gasteiger partial charge in [0.15, 0.2) is 17.3 Å². The van der Waals surface area contributed by atoms with Crippen LogP contribution in [-0.2, 0) is 0 Å². The van der Waals surface area contributed by atoms with Gasteiger partial charge in [-0.25, -0.2) is 0 Å². The predicted molar refractivity (Wildman–Crippen MR) is 67.5 cm³/mol. The summed E-state index contributed by atoms with van der Waals surface area (Å²) in [5.74, 6) is 0.446. The fraction of sp³-hybridized carbons (Fsp3) is 0.500. The smallest absolute Gasteiger partial charge is 0.204 e. The second-order valence-electron chi connectivity index (χ2n) is 4.57. The van der Waals surface area contributed by atoms with Crippen molar-refractivity contribution in [2.24, 2.45) is 0 Å². The third-order valence-corrected chi connectivity index (χ3v) is 3.28. The second kappa shape index (κ2) is 5.29. The highest BCUT2D eigenvalue weighted by Gasteiger charge is 2.23. The molecule has 0 bridgehead atoms. The van der Waals surface area contributed by atoms with Crippen molar-refractivity contribution in [3.05, 3.63) is 17.7 Å². The number of aromatic hydroxyl groups is 1. The first-order chi connectivity index (χ1) is 8.63. The van der Waals surface area contributed by atoms with Crippen LogP contribution >= 0.6 is 0 Å². The number of phenols is 1. The van der Waals surface area contributed by atoms with E-state index in [2.05, 4.69) is 0 Å². The van der Waals surface area contributed by atoms with E-state index in [1.165, 1.54) is 14.0 Å². The minimum atomic E-state index is -0.188. The molecule has 98 valence electrons. The molecule has 0 atom stereocenters. The van der Waals surface area contributed by atoms with Crippen LogP contribution in [0, 0.1) is 0 Å². The van der Waals surface area contributed by atoms with Gasteiger partial charge < -0.3 is 14.6 Å². The summed E-state index contributed by atoms with van der Waals surface area (Å²) in [6, 6.07) is 3.21. The molecule has 0 saturated heterocycles. The molecule has 1 aromatic carbocycles. The third-order valence-electron chi connectivity index (χ3n) is 3.28. The van der Waals surface area contributed by atoms with Gasteiger partial charge in [-0.15, -0.1) is 0 Å². The zero-order valence-corrected chi connectivity index (χ0v) is 10.7. The number of phenolic OH excluding ortho intramolecular Hbond substituents is 1. The number of carbonyl (C=O) groups excluding carboxylic acids is 1. The topological polar surface area (TPSA) is 55.8 Å². The fourth-order valence-electron chi connectivity index (χ4n) is 2.28. The van der Waals surface area contributed by atoms with Gasteiger partial charge in [0.05, 0.1) is 18.8 Å². The number of hydrogen-bond acceptors (Lipinski definition) is 4. The highest BCUT2D eigenvalue weighted by atomic mass is 16.5. The van der Waals surface area contributed by atoms with E-state index in [9.17, 15) is 9.90 Å². The zero-order chi connectivity index (χ0) is 13.1. The van der Waals surface area contributed by atoms with Crippen LogP contribution in [-0.4, -0.2) is 24.1 Å². The summed E-state index contributed by atoms with van der Waals surface area (Å²) < 4.78 is 11.0. The fourth-order valence-corrected chi connectivity index (χ4v) is 2.28. The van der Waals surface area contributed by atoms with E-state index < -0.39 is 0 Å². The van der Waals surface area contributed by atoms with Gasteiger partial charge in [0.2, 0.25) is 5.75 Å². The van der Waals surface area contributed by atoms with Crippen molar-refractivity contribution < 1.29 is 19.4 Å². The average molecular weight is 250 g/mol. The van der Waals surface area contributed by atoms with Crippen LogP contribution in [0.5, 0.6) is 17.2 Å². The van der Waals surface area contributed by atoms with Gasteiger partial charge in [0.25, 0.3) is 0 Å². The normalized spacial score (nSPS) is 15.7. The lowest BCUT2D eigenvalue weighted by molar-refractivity contribution is 0.101. The van der Waals surface area contributed by atoms with Crippen LogP contribution in [0.15, 0.2) is 12.1 Å². The first-order valence-corrected chi connectivity index (χ1v) is 6.21. The molecule has 2 rings (SSSR count). The molecule has 0 aliphatic heterocycles. The Morgan fingerprint density at radius 2 is 2.00 bits per heavy atom. The maximum Gasteiger partial charge on any atom is 0.204 e. The molecule has 4 heteroatoms. The molecule has 1 fully saturated rings. The summed E-state index contributed by atoms with van der Waals surface area (Å²) in [4.78, 5) is 11.4. The standard InChI is InChI=1S/C14H18O4/c1-9(15)11-7-8-12(17-2)14(13(11)16)18-10-5-3-4-6-10/h7-8,10,16H,3-6H2,1-2H3. The van der Waals surface area contributed by atoms with Crippen LogP contribution in [0.25, 0.3) is 0 Å². The number of Topliss-reactive ketones (excluding diaryl/α,β-unsaturated/α-hetero) is 1. The first-order valence-electron chi connectivity index (χ1n) is 6.21. The Labute approximate surface area is 107 Å². The highest BCUT2D eigenvalue weighted by Crippen LogP contribution is 2.41. The van der Waals surface area contributed by atoms with Gasteiger partial charge in [-0.05, 0) is 44.7 Å². The number of carbonyl (C=O) groups is 1. The van der Waals surface area contributed by atoms with Gasteiger partial charge >= 0.3 is 0 Å². The molecule has 1 saturated carbocycles. The summed E-state index contributed by atoms with van der Waals surface area (Å²) in [5.41, 5.74) is 0.267. The van der Waals surface area contributed by atoms with E-state index >= 15 is 0 Å². The zero-order valence-electron chi connectivity index (χ0n) is 10.7. The lowest BCUT2D eigenvalue weighted by atomic mass is 10.1. The van der Waals surface area contributed by atoms with Crippen molar-refractivity contribution in [3.63, 3.8) is 0 Å². The molecule has 18 heavy (non-hydrogen) atoms. The number of methoxy groups -OCH3 is 1. The van der Waals surface area contributed by atoms with E-state index in [0.29, 0.717) is 5.75 Å². The highest BCUT2D eigenvalue weighted by molar-refractivity contribution is 5.98. The summed E-state index contributed by atoms with van der Waals surface area (Å²) in [6.07, 6.45) is 4.34. The SMILES string of the molecule is COc1ccc(C(C)=O)c(O)c1OC1CCCC1. The van der Waals surface area contributed by atoms with E-state index in [1.807, 2.05) is 0 Å². The summed E-state index contributed by atoms with van der Waals surface area (Å²) >= 11 is 0. The molecule has 1 aliphatic rings. The first kappa shape index (κ1) is 12.7. The Balaban J connectivity index is 2.34. The Morgan fingerprint density at radius 3 is 2.56 bits per heavy atom. The second-order valence-corrected chi connectivity index (χ2v) is 4.57. The molecule has 0 radical (unpaired) electrons. The van der Waals surface area contributed by atoms with Crippen molar-refractivity contribution in [2.45, 2.75) is 38.7 Å². The minimum absolute atomic E-state index is 0.104. The minimum Gasteiger partial charge on any atom is -0.504 e. The van der Waals surface area contributed by atoms with Gasteiger partial charge in [-0.1, -0.05) is 0 Å². The lowest BCUT2D eigenvalue weighted by Crippen LogP contribution is -2.12. The molecular formula is C14H18O4. The van der Waals surface area contributed by atoms with Crippen molar-refractivity contribution in [3.8, 4) is 17.2 Å². The van der Waals surface area contributed by atoms with Gasteiger partial charge in [-0.3, -0.25) is 4.79 Å². The van der Waals surface area contributed by atoms with Crippen LogP contribution in [0.1, 0.15) is 43.0 Å². The number of ketones is 1. The molecular weight excluding hydrogens is 232 g/mol. The molecule has 0 unspecified atom stereocenters. The number of rotatable bonds is 4.